The lowest BCUT2D eigenvalue weighted by Gasteiger charge is -2.09. The molecule has 6 nitrogen and oxygen atoms in total. The summed E-state index contributed by atoms with van der Waals surface area (Å²) in [7, 11) is 0. The SMILES string of the molecule is Cc1ccc(NC(=O)C(=O)N/N=C\c2ccc(OCc3c(Cl)cccc3Cl)cc2)cc1. The molecule has 3 aromatic carbocycles. The molecule has 3 aromatic rings. The van der Waals surface area contributed by atoms with E-state index in [1.807, 2.05) is 19.1 Å². The summed E-state index contributed by atoms with van der Waals surface area (Å²) in [5, 5.41) is 7.38. The molecular weight excluding hydrogens is 437 g/mol. The van der Waals surface area contributed by atoms with Crippen LogP contribution < -0.4 is 15.5 Å². The van der Waals surface area contributed by atoms with Crippen molar-refractivity contribution in [3.63, 3.8) is 0 Å². The van der Waals surface area contributed by atoms with Crippen molar-refractivity contribution in [3.05, 3.63) is 93.5 Å². The molecule has 2 amide bonds. The number of carbonyl (C=O) groups is 2. The molecule has 0 saturated heterocycles. The molecule has 0 heterocycles. The van der Waals surface area contributed by atoms with E-state index in [4.69, 9.17) is 27.9 Å². The lowest BCUT2D eigenvalue weighted by Crippen LogP contribution is -2.32. The summed E-state index contributed by atoms with van der Waals surface area (Å²) in [4.78, 5) is 23.7. The Balaban J connectivity index is 1.49. The summed E-state index contributed by atoms with van der Waals surface area (Å²) in [6.45, 7) is 2.16. The molecule has 0 aliphatic rings. The normalized spacial score (nSPS) is 10.7. The van der Waals surface area contributed by atoms with Gasteiger partial charge in [-0.2, -0.15) is 5.10 Å². The lowest BCUT2D eigenvalue weighted by atomic mass is 10.2. The van der Waals surface area contributed by atoms with Crippen LogP contribution in [0.15, 0.2) is 71.8 Å². The number of nitrogens with zero attached hydrogens (tertiary/aromatic N) is 1. The minimum absolute atomic E-state index is 0.234. The van der Waals surface area contributed by atoms with Crippen molar-refractivity contribution in [1.29, 1.82) is 0 Å². The van der Waals surface area contributed by atoms with Gasteiger partial charge in [0.25, 0.3) is 0 Å². The molecule has 2 N–H and O–H groups in total. The first-order chi connectivity index (χ1) is 14.9. The topological polar surface area (TPSA) is 79.8 Å². The molecule has 3 rings (SSSR count). The number of halogens is 2. The minimum Gasteiger partial charge on any atom is -0.489 e. The molecule has 0 fully saturated rings. The number of ether oxygens (including phenoxy) is 1. The van der Waals surface area contributed by atoms with Crippen LogP contribution in [0.1, 0.15) is 16.7 Å². The molecule has 8 heteroatoms. The van der Waals surface area contributed by atoms with Crippen molar-refractivity contribution in [2.75, 3.05) is 5.32 Å². The number of aryl methyl sites for hydroxylation is 1. The molecule has 0 saturated carbocycles. The maximum atomic E-state index is 11.9. The minimum atomic E-state index is -0.867. The Morgan fingerprint density at radius 3 is 2.23 bits per heavy atom. The number of rotatable bonds is 6. The maximum Gasteiger partial charge on any atom is 0.329 e. The van der Waals surface area contributed by atoms with Gasteiger partial charge in [0.05, 0.1) is 6.21 Å². The number of anilines is 1. The van der Waals surface area contributed by atoms with E-state index in [2.05, 4.69) is 15.8 Å². The molecule has 31 heavy (non-hydrogen) atoms. The quantitative estimate of drug-likeness (QED) is 0.312. The number of nitrogens with one attached hydrogen (secondary N) is 2. The standard InChI is InChI=1S/C23H19Cl2N3O3/c1-15-5-9-17(10-6-15)27-22(29)23(30)28-26-13-16-7-11-18(12-8-16)31-14-19-20(24)3-2-4-21(19)25/h2-13H,14H2,1H3,(H,27,29)(H,28,30)/b26-13-. The van der Waals surface area contributed by atoms with Gasteiger partial charge in [-0.05, 0) is 61.0 Å². The molecule has 158 valence electrons. The first-order valence-electron chi connectivity index (χ1n) is 9.29. The van der Waals surface area contributed by atoms with Crippen LogP contribution >= 0.6 is 23.2 Å². The van der Waals surface area contributed by atoms with Crippen molar-refractivity contribution in [1.82, 2.24) is 5.43 Å². The Labute approximate surface area is 189 Å². The molecule has 0 aliphatic carbocycles. The highest BCUT2D eigenvalue weighted by atomic mass is 35.5. The Hall–Kier alpha value is -3.35. The molecule has 0 bridgehead atoms. The number of hydrogen-bond acceptors (Lipinski definition) is 4. The molecule has 0 unspecified atom stereocenters. The molecule has 0 aliphatic heterocycles. The predicted molar refractivity (Wildman–Crippen MR) is 123 cm³/mol. The number of carbonyl (C=O) groups excluding carboxylic acids is 2. The van der Waals surface area contributed by atoms with Crippen LogP contribution in [0.2, 0.25) is 10.0 Å². The Morgan fingerprint density at radius 2 is 1.58 bits per heavy atom. The fraction of sp³-hybridized carbons (Fsp3) is 0.0870. The van der Waals surface area contributed by atoms with Gasteiger partial charge in [0, 0.05) is 21.3 Å². The Kier molecular flexibility index (Phi) is 7.65. The molecular formula is C23H19Cl2N3O3. The van der Waals surface area contributed by atoms with E-state index >= 15 is 0 Å². The first-order valence-corrected chi connectivity index (χ1v) is 10.0. The second-order valence-corrected chi connectivity index (χ2v) is 7.39. The molecule has 0 atom stereocenters. The van der Waals surface area contributed by atoms with Crippen molar-refractivity contribution in [2.24, 2.45) is 5.10 Å². The average Bonchev–Trinajstić information content (AvgIpc) is 2.76. The van der Waals surface area contributed by atoms with E-state index in [0.29, 0.717) is 32.6 Å². The number of benzene rings is 3. The predicted octanol–water partition coefficient (Wildman–Crippen LogP) is 4.97. The van der Waals surface area contributed by atoms with Gasteiger partial charge in [-0.25, -0.2) is 5.43 Å². The highest BCUT2D eigenvalue weighted by Crippen LogP contribution is 2.25. The third-order valence-electron chi connectivity index (χ3n) is 4.22. The maximum absolute atomic E-state index is 11.9. The Morgan fingerprint density at radius 1 is 0.935 bits per heavy atom. The summed E-state index contributed by atoms with van der Waals surface area (Å²) >= 11 is 12.3. The summed E-state index contributed by atoms with van der Waals surface area (Å²) in [6.07, 6.45) is 1.42. The van der Waals surface area contributed by atoms with Gasteiger partial charge in [0.2, 0.25) is 0 Å². The van der Waals surface area contributed by atoms with E-state index in [9.17, 15) is 9.59 Å². The first kappa shape index (κ1) is 22.3. The molecule has 0 aromatic heterocycles. The van der Waals surface area contributed by atoms with Gasteiger partial charge in [0.1, 0.15) is 12.4 Å². The largest absolute Gasteiger partial charge is 0.489 e. The summed E-state index contributed by atoms with van der Waals surface area (Å²) in [6, 6.07) is 19.4. The third kappa shape index (κ3) is 6.57. The fourth-order valence-electron chi connectivity index (χ4n) is 2.52. The van der Waals surface area contributed by atoms with E-state index in [1.54, 1.807) is 54.6 Å². The summed E-state index contributed by atoms with van der Waals surface area (Å²) < 4.78 is 5.71. The van der Waals surface area contributed by atoms with E-state index < -0.39 is 11.8 Å². The van der Waals surface area contributed by atoms with Crippen LogP contribution in [-0.2, 0) is 16.2 Å². The van der Waals surface area contributed by atoms with Gasteiger partial charge in [0.15, 0.2) is 0 Å². The van der Waals surface area contributed by atoms with Gasteiger partial charge in [-0.15, -0.1) is 0 Å². The monoisotopic (exact) mass is 455 g/mol. The smallest absolute Gasteiger partial charge is 0.329 e. The van der Waals surface area contributed by atoms with Crippen LogP contribution in [-0.4, -0.2) is 18.0 Å². The summed E-state index contributed by atoms with van der Waals surface area (Å²) in [5.74, 6) is -1.05. The lowest BCUT2D eigenvalue weighted by molar-refractivity contribution is -0.136. The zero-order valence-electron chi connectivity index (χ0n) is 16.6. The second-order valence-electron chi connectivity index (χ2n) is 6.58. The number of amides is 2. The van der Waals surface area contributed by atoms with E-state index in [1.165, 1.54) is 6.21 Å². The van der Waals surface area contributed by atoms with Crippen LogP contribution in [0.5, 0.6) is 5.75 Å². The number of hydrazone groups is 1. The van der Waals surface area contributed by atoms with Crippen molar-refractivity contribution in [3.8, 4) is 5.75 Å². The fourth-order valence-corrected chi connectivity index (χ4v) is 3.02. The molecule has 0 radical (unpaired) electrons. The van der Waals surface area contributed by atoms with Crippen LogP contribution in [0.3, 0.4) is 0 Å². The third-order valence-corrected chi connectivity index (χ3v) is 4.93. The Bertz CT molecular complexity index is 1080. The second kappa shape index (κ2) is 10.6. The van der Waals surface area contributed by atoms with Crippen LogP contribution in [0.4, 0.5) is 5.69 Å². The highest BCUT2D eigenvalue weighted by molar-refractivity contribution is 6.39. The van der Waals surface area contributed by atoms with Gasteiger partial charge >= 0.3 is 11.8 Å². The van der Waals surface area contributed by atoms with Crippen LogP contribution in [0, 0.1) is 6.92 Å². The van der Waals surface area contributed by atoms with Crippen LogP contribution in [0.25, 0.3) is 0 Å². The van der Waals surface area contributed by atoms with Gasteiger partial charge < -0.3 is 10.1 Å². The molecule has 0 spiro atoms. The van der Waals surface area contributed by atoms with E-state index in [-0.39, 0.29) is 6.61 Å². The zero-order chi connectivity index (χ0) is 22.2. The van der Waals surface area contributed by atoms with Gasteiger partial charge in [-0.3, -0.25) is 9.59 Å². The van der Waals surface area contributed by atoms with Crippen molar-refractivity contribution >= 4 is 46.9 Å². The van der Waals surface area contributed by atoms with Crippen molar-refractivity contribution < 1.29 is 14.3 Å². The number of hydrogen-bond donors (Lipinski definition) is 2. The highest BCUT2D eigenvalue weighted by Gasteiger charge is 2.12. The van der Waals surface area contributed by atoms with Crippen molar-refractivity contribution in [2.45, 2.75) is 13.5 Å². The zero-order valence-corrected chi connectivity index (χ0v) is 18.1. The van der Waals surface area contributed by atoms with E-state index in [0.717, 1.165) is 5.56 Å². The summed E-state index contributed by atoms with van der Waals surface area (Å²) in [5.41, 5.74) is 5.20. The average molecular weight is 456 g/mol. The van der Waals surface area contributed by atoms with Gasteiger partial charge in [-0.1, -0.05) is 47.0 Å².